The number of halogens is 1. The molecule has 158 valence electrons. The lowest BCUT2D eigenvalue weighted by molar-refractivity contribution is -0.137. The van der Waals surface area contributed by atoms with Crippen LogP contribution in [0, 0.1) is 5.82 Å². The molecule has 11 heteroatoms. The van der Waals surface area contributed by atoms with Crippen molar-refractivity contribution < 1.29 is 38.3 Å². The summed E-state index contributed by atoms with van der Waals surface area (Å²) in [5.41, 5.74) is 0.119. The highest BCUT2D eigenvalue weighted by Crippen LogP contribution is 2.33. The molecule has 1 heterocycles. The van der Waals surface area contributed by atoms with Gasteiger partial charge in [-0.05, 0) is 24.1 Å². The third-order valence-electron chi connectivity index (χ3n) is 4.14. The molecule has 0 fully saturated rings. The number of rotatable bonds is 9. The Morgan fingerprint density at radius 3 is 2.59 bits per heavy atom. The molecule has 0 bridgehead atoms. The van der Waals surface area contributed by atoms with Crippen molar-refractivity contribution in [1.82, 2.24) is 9.63 Å². The van der Waals surface area contributed by atoms with Gasteiger partial charge in [-0.1, -0.05) is 6.07 Å². The van der Waals surface area contributed by atoms with Crippen LogP contribution in [0.3, 0.4) is 0 Å². The first-order valence-corrected chi connectivity index (χ1v) is 10.0. The van der Waals surface area contributed by atoms with E-state index in [0.29, 0.717) is 5.56 Å². The lowest BCUT2D eigenvalue weighted by Crippen LogP contribution is -2.29. The number of carbonyl (C=O) groups excluding carboxylic acids is 1. The molecule has 3 N–H and O–H groups in total. The highest BCUT2D eigenvalue weighted by molar-refractivity contribution is 7.84. The van der Waals surface area contributed by atoms with Crippen LogP contribution >= 0.6 is 0 Å². The minimum atomic E-state index is -1.51. The summed E-state index contributed by atoms with van der Waals surface area (Å²) in [4.78, 5) is 28.6. The zero-order valence-corrected chi connectivity index (χ0v) is 16.6. The fourth-order valence-electron chi connectivity index (χ4n) is 2.70. The molecule has 0 aliphatic heterocycles. The molecule has 1 amide bonds. The van der Waals surface area contributed by atoms with Crippen LogP contribution in [0.15, 0.2) is 29.3 Å². The molecule has 29 heavy (non-hydrogen) atoms. The number of aryl methyl sites for hydroxylation is 1. The largest absolute Gasteiger partial charge is 0.503 e. The Hall–Kier alpha value is -2.92. The number of carbonyl (C=O) groups is 2. The van der Waals surface area contributed by atoms with Crippen LogP contribution in [0.25, 0.3) is 0 Å². The first-order chi connectivity index (χ1) is 13.6. The van der Waals surface area contributed by atoms with Crippen molar-refractivity contribution in [2.75, 3.05) is 13.4 Å². The Bertz CT molecular complexity index is 945. The Morgan fingerprint density at radius 2 is 2.00 bits per heavy atom. The summed E-state index contributed by atoms with van der Waals surface area (Å²) in [6.07, 6.45) is 2.59. The molecule has 0 aliphatic rings. The average Bonchev–Trinajstić information content (AvgIpc) is 2.94. The standard InChI is InChI=1S/C18H21FN2O7S/c1-28-21(9-11-5-6-12(19)8-14(11)29(2)27)17(25)13-10-20(18(26)16(13)24)7-3-4-15(22)23/h5-6,8,10,24,26H,3-4,7,9H2,1-2H3,(H,22,23). The van der Waals surface area contributed by atoms with E-state index in [4.69, 9.17) is 9.94 Å². The monoisotopic (exact) mass is 428 g/mol. The van der Waals surface area contributed by atoms with Crippen molar-refractivity contribution in [3.63, 3.8) is 0 Å². The second-order valence-corrected chi connectivity index (χ2v) is 7.48. The van der Waals surface area contributed by atoms with Gasteiger partial charge in [-0.15, -0.1) is 0 Å². The molecule has 0 radical (unpaired) electrons. The van der Waals surface area contributed by atoms with Crippen LogP contribution in [-0.4, -0.2) is 54.4 Å². The fraction of sp³-hybridized carbons (Fsp3) is 0.333. The summed E-state index contributed by atoms with van der Waals surface area (Å²) < 4.78 is 26.5. The summed E-state index contributed by atoms with van der Waals surface area (Å²) in [7, 11) is -0.301. The highest BCUT2D eigenvalue weighted by Gasteiger charge is 2.26. The number of hydroxylamine groups is 2. The number of aromatic nitrogens is 1. The van der Waals surface area contributed by atoms with Gasteiger partial charge < -0.3 is 19.9 Å². The van der Waals surface area contributed by atoms with Gasteiger partial charge in [0.1, 0.15) is 11.4 Å². The topological polar surface area (TPSA) is 129 Å². The normalized spacial score (nSPS) is 12.0. The predicted octanol–water partition coefficient (Wildman–Crippen LogP) is 1.84. The van der Waals surface area contributed by atoms with Crippen LogP contribution in [0.1, 0.15) is 28.8 Å². The molecule has 9 nitrogen and oxygen atoms in total. The number of carboxylic acids is 1. The van der Waals surface area contributed by atoms with Crippen LogP contribution in [-0.2, 0) is 33.5 Å². The minimum Gasteiger partial charge on any atom is -0.503 e. The second-order valence-electron chi connectivity index (χ2n) is 6.14. The van der Waals surface area contributed by atoms with E-state index in [-0.39, 0.29) is 36.4 Å². The van der Waals surface area contributed by atoms with Gasteiger partial charge in [0.15, 0.2) is 5.75 Å². The molecular formula is C18H21FN2O7S. The molecule has 1 atom stereocenters. The van der Waals surface area contributed by atoms with Crippen LogP contribution < -0.4 is 0 Å². The molecule has 2 rings (SSSR count). The van der Waals surface area contributed by atoms with Gasteiger partial charge in [0, 0.05) is 30.3 Å². The number of carboxylic acid groups (broad SMARTS) is 1. The van der Waals surface area contributed by atoms with Crippen LogP contribution in [0.5, 0.6) is 11.6 Å². The van der Waals surface area contributed by atoms with Crippen molar-refractivity contribution >= 4 is 22.7 Å². The predicted molar refractivity (Wildman–Crippen MR) is 100 cm³/mol. The average molecular weight is 428 g/mol. The molecule has 0 saturated carbocycles. The van der Waals surface area contributed by atoms with E-state index < -0.39 is 40.1 Å². The maximum atomic E-state index is 13.5. The lowest BCUT2D eigenvalue weighted by atomic mass is 10.2. The van der Waals surface area contributed by atoms with Gasteiger partial charge in [-0.2, -0.15) is 0 Å². The Morgan fingerprint density at radius 1 is 1.31 bits per heavy atom. The van der Waals surface area contributed by atoms with E-state index in [1.807, 2.05) is 0 Å². The summed E-state index contributed by atoms with van der Waals surface area (Å²) in [6.45, 7) is -0.113. The third-order valence-corrected chi connectivity index (χ3v) is 5.14. The highest BCUT2D eigenvalue weighted by atomic mass is 32.2. The molecule has 1 aromatic heterocycles. The number of hydrogen-bond acceptors (Lipinski definition) is 6. The van der Waals surface area contributed by atoms with E-state index >= 15 is 0 Å². The molecule has 1 aromatic carbocycles. The number of aromatic hydroxyl groups is 2. The number of amides is 1. The number of benzene rings is 1. The summed E-state index contributed by atoms with van der Waals surface area (Å²) in [5.74, 6) is -3.63. The second kappa shape index (κ2) is 9.52. The molecule has 0 spiro atoms. The van der Waals surface area contributed by atoms with Gasteiger partial charge in [0.05, 0.1) is 24.5 Å². The van der Waals surface area contributed by atoms with Gasteiger partial charge in [-0.3, -0.25) is 18.6 Å². The maximum Gasteiger partial charge on any atom is 0.303 e. The first kappa shape index (κ1) is 22.4. The minimum absolute atomic E-state index is 0.0723. The molecular weight excluding hydrogens is 407 g/mol. The fourth-order valence-corrected chi connectivity index (χ4v) is 3.48. The van der Waals surface area contributed by atoms with E-state index in [0.717, 1.165) is 21.8 Å². The summed E-state index contributed by atoms with van der Waals surface area (Å²) in [6, 6.07) is 3.64. The number of aliphatic carboxylic acids is 1. The summed E-state index contributed by atoms with van der Waals surface area (Å²) >= 11 is 0. The van der Waals surface area contributed by atoms with Crippen molar-refractivity contribution in [1.29, 1.82) is 0 Å². The van der Waals surface area contributed by atoms with Crippen molar-refractivity contribution in [3.05, 3.63) is 41.3 Å². The smallest absolute Gasteiger partial charge is 0.303 e. The molecule has 1 unspecified atom stereocenters. The Labute approximate surface area is 168 Å². The van der Waals surface area contributed by atoms with E-state index in [9.17, 15) is 28.4 Å². The van der Waals surface area contributed by atoms with E-state index in [1.165, 1.54) is 25.6 Å². The van der Waals surface area contributed by atoms with E-state index in [2.05, 4.69) is 0 Å². The van der Waals surface area contributed by atoms with Gasteiger partial charge in [-0.25, -0.2) is 9.45 Å². The van der Waals surface area contributed by atoms with Crippen molar-refractivity contribution in [2.24, 2.45) is 0 Å². The Kier molecular flexibility index (Phi) is 7.35. The van der Waals surface area contributed by atoms with Crippen molar-refractivity contribution in [3.8, 4) is 11.6 Å². The van der Waals surface area contributed by atoms with Crippen LogP contribution in [0.2, 0.25) is 0 Å². The summed E-state index contributed by atoms with van der Waals surface area (Å²) in [5, 5.41) is 29.6. The number of nitrogens with zero attached hydrogens (tertiary/aromatic N) is 2. The van der Waals surface area contributed by atoms with Gasteiger partial charge in [0.2, 0.25) is 5.88 Å². The van der Waals surface area contributed by atoms with Crippen molar-refractivity contribution in [2.45, 2.75) is 30.8 Å². The quantitative estimate of drug-likeness (QED) is 0.520. The maximum absolute atomic E-state index is 13.5. The molecule has 0 aliphatic carbocycles. The van der Waals surface area contributed by atoms with Crippen LogP contribution in [0.4, 0.5) is 4.39 Å². The zero-order valence-electron chi connectivity index (χ0n) is 15.8. The SMILES string of the molecule is CON(Cc1ccc(F)cc1S(C)=O)C(=O)c1cn(CCCC(=O)O)c(O)c1O. The third kappa shape index (κ3) is 5.33. The molecule has 0 saturated heterocycles. The zero-order chi connectivity index (χ0) is 21.7. The molecule has 2 aromatic rings. The number of hydrogen-bond donors (Lipinski definition) is 3. The first-order valence-electron chi connectivity index (χ1n) is 8.46. The van der Waals surface area contributed by atoms with E-state index in [1.54, 1.807) is 0 Å². The Balaban J connectivity index is 2.26. The van der Waals surface area contributed by atoms with Gasteiger partial charge >= 0.3 is 5.97 Å². The lowest BCUT2D eigenvalue weighted by Gasteiger charge is -2.20. The van der Waals surface area contributed by atoms with Gasteiger partial charge in [0.25, 0.3) is 5.91 Å².